The maximum Gasteiger partial charge on any atom is 0.156 e. The highest BCUT2D eigenvalue weighted by Gasteiger charge is 2.09. The van der Waals surface area contributed by atoms with E-state index in [1.54, 1.807) is 24.3 Å². The van der Waals surface area contributed by atoms with Crippen LogP contribution < -0.4 is 5.32 Å². The number of fused-ring (bicyclic) bond motifs is 1. The van der Waals surface area contributed by atoms with E-state index in [4.69, 9.17) is 16.1 Å². The Hall–Kier alpha value is -2.58. The zero-order valence-electron chi connectivity index (χ0n) is 12.8. The second-order valence-electron chi connectivity index (χ2n) is 5.55. The number of pyridine rings is 1. The van der Waals surface area contributed by atoms with Crippen molar-refractivity contribution in [2.45, 2.75) is 26.3 Å². The Labute approximate surface area is 138 Å². The minimum absolute atomic E-state index is 0.321. The number of nitrogens with zero attached hydrogens (tertiary/aromatic N) is 3. The first-order chi connectivity index (χ1) is 11.1. The summed E-state index contributed by atoms with van der Waals surface area (Å²) in [6, 6.07) is 11.1. The molecule has 0 saturated carbocycles. The van der Waals surface area contributed by atoms with Gasteiger partial charge in [0.1, 0.15) is 5.82 Å². The van der Waals surface area contributed by atoms with Crippen molar-refractivity contribution in [1.29, 1.82) is 5.26 Å². The van der Waals surface area contributed by atoms with Gasteiger partial charge in [-0.2, -0.15) is 5.26 Å². The summed E-state index contributed by atoms with van der Waals surface area (Å²) in [7, 11) is 0. The number of nitriles is 1. The number of hydrogen-bond donors (Lipinski definition) is 1. The molecule has 0 atom stereocenters. The van der Waals surface area contributed by atoms with Crippen LogP contribution in [0.25, 0.3) is 10.9 Å². The van der Waals surface area contributed by atoms with Gasteiger partial charge in [-0.1, -0.05) is 30.6 Å². The van der Waals surface area contributed by atoms with Crippen LogP contribution in [0.3, 0.4) is 0 Å². The number of anilines is 1. The Morgan fingerprint density at radius 1 is 1.30 bits per heavy atom. The van der Waals surface area contributed by atoms with E-state index in [1.807, 2.05) is 6.07 Å². The van der Waals surface area contributed by atoms with Gasteiger partial charge in [-0.25, -0.2) is 4.98 Å². The molecule has 23 heavy (non-hydrogen) atoms. The number of hydrogen-bond acceptors (Lipinski definition) is 5. The molecule has 0 aliphatic heterocycles. The summed E-state index contributed by atoms with van der Waals surface area (Å²) in [6.07, 6.45) is 0. The summed E-state index contributed by atoms with van der Waals surface area (Å²) >= 11 is 5.98. The molecule has 2 aromatic heterocycles. The lowest BCUT2D eigenvalue weighted by Crippen LogP contribution is -2.01. The largest absolute Gasteiger partial charge is 0.363 e. The van der Waals surface area contributed by atoms with Crippen LogP contribution in [-0.4, -0.2) is 10.1 Å². The fourth-order valence-electron chi connectivity index (χ4n) is 2.24. The van der Waals surface area contributed by atoms with Gasteiger partial charge in [0, 0.05) is 16.5 Å². The van der Waals surface area contributed by atoms with Crippen LogP contribution in [0.15, 0.2) is 34.9 Å². The van der Waals surface area contributed by atoms with Gasteiger partial charge in [0.2, 0.25) is 0 Å². The van der Waals surface area contributed by atoms with Crippen LogP contribution >= 0.6 is 11.6 Å². The number of halogens is 1. The van der Waals surface area contributed by atoms with E-state index in [9.17, 15) is 5.26 Å². The van der Waals surface area contributed by atoms with E-state index >= 15 is 0 Å². The van der Waals surface area contributed by atoms with E-state index in [0.29, 0.717) is 28.9 Å². The molecular formula is C17H15ClN4O. The summed E-state index contributed by atoms with van der Waals surface area (Å²) in [5.41, 5.74) is 2.16. The highest BCUT2D eigenvalue weighted by Crippen LogP contribution is 2.24. The molecule has 0 aliphatic carbocycles. The first-order valence-corrected chi connectivity index (χ1v) is 7.64. The summed E-state index contributed by atoms with van der Waals surface area (Å²) in [4.78, 5) is 4.50. The van der Waals surface area contributed by atoms with Gasteiger partial charge < -0.3 is 9.84 Å². The predicted molar refractivity (Wildman–Crippen MR) is 89.4 cm³/mol. The lowest BCUT2D eigenvalue weighted by Gasteiger charge is -2.07. The van der Waals surface area contributed by atoms with Crippen LogP contribution in [-0.2, 0) is 6.54 Å². The molecule has 6 heteroatoms. The van der Waals surface area contributed by atoms with Crippen molar-refractivity contribution in [3.8, 4) is 6.07 Å². The van der Waals surface area contributed by atoms with Gasteiger partial charge in [-0.3, -0.25) is 0 Å². The topological polar surface area (TPSA) is 74.7 Å². The average molecular weight is 327 g/mol. The highest BCUT2D eigenvalue weighted by molar-refractivity contribution is 6.31. The van der Waals surface area contributed by atoms with Crippen molar-refractivity contribution in [3.63, 3.8) is 0 Å². The average Bonchev–Trinajstić information content (AvgIpc) is 3.01. The third kappa shape index (κ3) is 3.27. The zero-order valence-corrected chi connectivity index (χ0v) is 13.6. The number of aromatic nitrogens is 2. The molecule has 1 N–H and O–H groups in total. The molecular weight excluding hydrogens is 312 g/mol. The molecule has 0 radical (unpaired) electrons. The van der Waals surface area contributed by atoms with Crippen molar-refractivity contribution in [1.82, 2.24) is 10.1 Å². The van der Waals surface area contributed by atoms with Gasteiger partial charge in [0.15, 0.2) is 5.76 Å². The Kier molecular flexibility index (Phi) is 4.18. The van der Waals surface area contributed by atoms with Crippen molar-refractivity contribution >= 4 is 28.3 Å². The predicted octanol–water partition coefficient (Wildman–Crippen LogP) is 4.48. The minimum atomic E-state index is 0.321. The Bertz CT molecular complexity index is 895. The molecule has 0 spiro atoms. The molecule has 0 aliphatic rings. The lowest BCUT2D eigenvalue weighted by atomic mass is 10.1. The van der Waals surface area contributed by atoms with E-state index < -0.39 is 0 Å². The Morgan fingerprint density at radius 2 is 2.13 bits per heavy atom. The third-order valence-electron chi connectivity index (χ3n) is 3.50. The van der Waals surface area contributed by atoms with E-state index in [2.05, 4.69) is 35.4 Å². The maximum atomic E-state index is 9.32. The van der Waals surface area contributed by atoms with Crippen LogP contribution in [0, 0.1) is 11.3 Å². The molecule has 116 valence electrons. The number of nitrogens with one attached hydrogen (secondary N) is 1. The fraction of sp³-hybridized carbons (Fsp3) is 0.235. The SMILES string of the molecule is CC(C)c1cc(CNc2cc(C#N)c3cc(Cl)ccc3n2)on1. The second-order valence-corrected chi connectivity index (χ2v) is 5.99. The molecule has 0 amide bonds. The van der Waals surface area contributed by atoms with Crippen molar-refractivity contribution in [2.24, 2.45) is 0 Å². The standard InChI is InChI=1S/C17H15ClN4O/c1-10(2)16-7-13(23-22-16)9-20-17-5-11(8-19)14-6-12(18)3-4-15(14)21-17/h3-7,10H,9H2,1-2H3,(H,20,21). The van der Waals surface area contributed by atoms with E-state index in [1.165, 1.54) is 0 Å². The number of benzene rings is 1. The molecule has 0 fully saturated rings. The van der Waals surface area contributed by atoms with Gasteiger partial charge in [0.25, 0.3) is 0 Å². The molecule has 1 aromatic carbocycles. The summed E-state index contributed by atoms with van der Waals surface area (Å²) in [6.45, 7) is 4.57. The summed E-state index contributed by atoms with van der Waals surface area (Å²) < 4.78 is 5.28. The van der Waals surface area contributed by atoms with Crippen molar-refractivity contribution in [3.05, 3.63) is 52.4 Å². The van der Waals surface area contributed by atoms with Crippen LogP contribution in [0.1, 0.15) is 36.8 Å². The maximum absolute atomic E-state index is 9.32. The first kappa shape index (κ1) is 15.3. The van der Waals surface area contributed by atoms with Crippen LogP contribution in [0.4, 0.5) is 5.82 Å². The molecule has 0 saturated heterocycles. The minimum Gasteiger partial charge on any atom is -0.363 e. The first-order valence-electron chi connectivity index (χ1n) is 7.26. The molecule has 3 rings (SSSR count). The Balaban J connectivity index is 1.85. The molecule has 3 aromatic rings. The van der Waals surface area contributed by atoms with Crippen LogP contribution in [0.5, 0.6) is 0 Å². The third-order valence-corrected chi connectivity index (χ3v) is 3.74. The van der Waals surface area contributed by atoms with Gasteiger partial charge in [-0.15, -0.1) is 0 Å². The monoisotopic (exact) mass is 326 g/mol. The zero-order chi connectivity index (χ0) is 16.4. The molecule has 0 unspecified atom stereocenters. The van der Waals surface area contributed by atoms with Gasteiger partial charge in [0.05, 0.1) is 29.4 Å². The van der Waals surface area contributed by atoms with E-state index in [0.717, 1.165) is 22.4 Å². The van der Waals surface area contributed by atoms with Crippen LogP contribution in [0.2, 0.25) is 5.02 Å². The molecule has 5 nitrogen and oxygen atoms in total. The molecule has 2 heterocycles. The normalized spacial score (nSPS) is 10.9. The van der Waals surface area contributed by atoms with Crippen molar-refractivity contribution < 1.29 is 4.52 Å². The Morgan fingerprint density at radius 3 is 2.83 bits per heavy atom. The highest BCUT2D eigenvalue weighted by atomic mass is 35.5. The smallest absolute Gasteiger partial charge is 0.156 e. The van der Waals surface area contributed by atoms with Crippen molar-refractivity contribution in [2.75, 3.05) is 5.32 Å². The quantitative estimate of drug-likeness (QED) is 0.764. The summed E-state index contributed by atoms with van der Waals surface area (Å²) in [5, 5.41) is 17.8. The fourth-order valence-corrected chi connectivity index (χ4v) is 2.42. The van der Waals surface area contributed by atoms with Gasteiger partial charge in [-0.05, 0) is 30.2 Å². The van der Waals surface area contributed by atoms with E-state index in [-0.39, 0.29) is 0 Å². The second kappa shape index (κ2) is 6.27. The lowest BCUT2D eigenvalue weighted by molar-refractivity contribution is 0.379. The summed E-state index contributed by atoms with van der Waals surface area (Å²) in [5.74, 6) is 1.66. The van der Waals surface area contributed by atoms with Gasteiger partial charge >= 0.3 is 0 Å². The molecule has 0 bridgehead atoms. The number of rotatable bonds is 4.